The molecular formula is C20H32N6O7S. The van der Waals surface area contributed by atoms with Crippen molar-refractivity contribution in [2.24, 2.45) is 11.7 Å². The molecule has 1 aromatic heterocycles. The van der Waals surface area contributed by atoms with E-state index in [1.54, 1.807) is 13.8 Å². The second-order valence-corrected chi connectivity index (χ2v) is 8.20. The Morgan fingerprint density at radius 3 is 2.21 bits per heavy atom. The van der Waals surface area contributed by atoms with Gasteiger partial charge >= 0.3 is 11.9 Å². The average molecular weight is 501 g/mol. The molecule has 1 aromatic rings. The van der Waals surface area contributed by atoms with Crippen LogP contribution in [0, 0.1) is 5.92 Å². The molecule has 0 aromatic carbocycles. The summed E-state index contributed by atoms with van der Waals surface area (Å²) in [5.41, 5.74) is 6.18. The van der Waals surface area contributed by atoms with Gasteiger partial charge in [0.05, 0.1) is 12.4 Å². The van der Waals surface area contributed by atoms with Gasteiger partial charge in [-0.1, -0.05) is 20.3 Å². The lowest BCUT2D eigenvalue weighted by Crippen LogP contribution is -2.58. The molecule has 14 heteroatoms. The zero-order chi connectivity index (χ0) is 25.8. The highest BCUT2D eigenvalue weighted by Gasteiger charge is 2.32. The first-order valence-corrected chi connectivity index (χ1v) is 11.3. The third kappa shape index (κ3) is 9.39. The van der Waals surface area contributed by atoms with Gasteiger partial charge in [0.1, 0.15) is 18.1 Å². The second kappa shape index (κ2) is 14.2. The van der Waals surface area contributed by atoms with E-state index in [0.29, 0.717) is 12.1 Å². The number of aromatic nitrogens is 2. The van der Waals surface area contributed by atoms with Gasteiger partial charge in [-0.05, 0) is 12.3 Å². The van der Waals surface area contributed by atoms with Crippen molar-refractivity contribution < 1.29 is 34.2 Å². The van der Waals surface area contributed by atoms with Crippen LogP contribution >= 0.6 is 12.6 Å². The number of hydrogen-bond donors (Lipinski definition) is 8. The molecule has 5 unspecified atom stereocenters. The summed E-state index contributed by atoms with van der Waals surface area (Å²) < 4.78 is 0. The maximum atomic E-state index is 13.0. The minimum Gasteiger partial charge on any atom is -0.481 e. The van der Waals surface area contributed by atoms with Crippen LogP contribution in [0.15, 0.2) is 12.5 Å². The summed E-state index contributed by atoms with van der Waals surface area (Å²) in [6.45, 7) is 3.40. The summed E-state index contributed by atoms with van der Waals surface area (Å²) in [7, 11) is 0. The van der Waals surface area contributed by atoms with Crippen molar-refractivity contribution in [2.45, 2.75) is 63.7 Å². The standard InChI is InChI=1S/C20H32N6O7S/c1-3-10(2)16(20(32)33)26-18(30)13(4-5-15(27)28)24-19(31)14(6-11-7-22-9-23-11)25-17(29)12(21)8-34/h7,9-10,12-14,16,34H,3-6,8,21H2,1-2H3,(H,22,23)(H,24,31)(H,25,29)(H,26,30)(H,27,28)(H,32,33). The van der Waals surface area contributed by atoms with Crippen LogP contribution in [0.4, 0.5) is 0 Å². The number of rotatable bonds is 15. The second-order valence-electron chi connectivity index (χ2n) is 7.83. The smallest absolute Gasteiger partial charge is 0.326 e. The zero-order valence-corrected chi connectivity index (χ0v) is 19.9. The van der Waals surface area contributed by atoms with Gasteiger partial charge in [-0.25, -0.2) is 9.78 Å². The third-order valence-corrected chi connectivity index (χ3v) is 5.60. The first kappa shape index (κ1) is 28.9. The summed E-state index contributed by atoms with van der Waals surface area (Å²) >= 11 is 3.96. The molecular weight excluding hydrogens is 468 g/mol. The predicted molar refractivity (Wildman–Crippen MR) is 124 cm³/mol. The Bertz CT molecular complexity index is 850. The van der Waals surface area contributed by atoms with Crippen molar-refractivity contribution in [1.29, 1.82) is 0 Å². The molecule has 0 radical (unpaired) electrons. The van der Waals surface area contributed by atoms with Crippen molar-refractivity contribution in [2.75, 3.05) is 5.75 Å². The van der Waals surface area contributed by atoms with Crippen molar-refractivity contribution in [3.05, 3.63) is 18.2 Å². The number of imidazole rings is 1. The highest BCUT2D eigenvalue weighted by molar-refractivity contribution is 7.80. The van der Waals surface area contributed by atoms with Gasteiger partial charge in [-0.15, -0.1) is 0 Å². The van der Waals surface area contributed by atoms with E-state index in [0.717, 1.165) is 0 Å². The molecule has 190 valence electrons. The highest BCUT2D eigenvalue weighted by Crippen LogP contribution is 2.10. The molecule has 34 heavy (non-hydrogen) atoms. The maximum absolute atomic E-state index is 13.0. The highest BCUT2D eigenvalue weighted by atomic mass is 32.1. The number of carbonyl (C=O) groups excluding carboxylic acids is 3. The molecule has 5 atom stereocenters. The third-order valence-electron chi connectivity index (χ3n) is 5.20. The Morgan fingerprint density at radius 1 is 1.09 bits per heavy atom. The minimum absolute atomic E-state index is 0.0191. The van der Waals surface area contributed by atoms with E-state index in [2.05, 4.69) is 38.5 Å². The zero-order valence-electron chi connectivity index (χ0n) is 19.0. The number of carboxylic acids is 2. The number of carbonyl (C=O) groups is 5. The van der Waals surface area contributed by atoms with E-state index >= 15 is 0 Å². The van der Waals surface area contributed by atoms with Crippen molar-refractivity contribution >= 4 is 42.3 Å². The van der Waals surface area contributed by atoms with Crippen LogP contribution in [-0.2, 0) is 30.4 Å². The van der Waals surface area contributed by atoms with Gasteiger partial charge in [0, 0.05) is 30.5 Å². The molecule has 3 amide bonds. The summed E-state index contributed by atoms with van der Waals surface area (Å²) in [6, 6.07) is -4.74. The van der Waals surface area contributed by atoms with Crippen LogP contribution in [0.2, 0.25) is 0 Å². The van der Waals surface area contributed by atoms with E-state index in [9.17, 15) is 29.1 Å². The summed E-state index contributed by atoms with van der Waals surface area (Å²) in [5.74, 6) is -5.12. The van der Waals surface area contributed by atoms with E-state index in [1.807, 2.05) is 0 Å². The van der Waals surface area contributed by atoms with E-state index in [1.165, 1.54) is 12.5 Å². The predicted octanol–water partition coefficient (Wildman–Crippen LogP) is -1.34. The Hall–Kier alpha value is -3.13. The molecule has 0 bridgehead atoms. The fraction of sp³-hybridized carbons (Fsp3) is 0.600. The molecule has 8 N–H and O–H groups in total. The van der Waals surface area contributed by atoms with Gasteiger partial charge in [0.25, 0.3) is 0 Å². The molecule has 1 rings (SSSR count). The molecule has 0 aliphatic rings. The topological polar surface area (TPSA) is 217 Å². The number of nitrogens with zero attached hydrogens (tertiary/aromatic N) is 1. The van der Waals surface area contributed by atoms with Crippen LogP contribution in [-0.4, -0.2) is 79.8 Å². The largest absolute Gasteiger partial charge is 0.481 e. The number of H-pyrrole nitrogens is 1. The number of nitrogens with one attached hydrogen (secondary N) is 4. The number of hydrogen-bond acceptors (Lipinski definition) is 8. The molecule has 1 heterocycles. The normalized spacial score (nSPS) is 15.3. The first-order chi connectivity index (χ1) is 16.0. The molecule has 0 aliphatic carbocycles. The summed E-state index contributed by atoms with van der Waals surface area (Å²) in [6.07, 6.45) is 2.53. The summed E-state index contributed by atoms with van der Waals surface area (Å²) in [5, 5.41) is 25.8. The van der Waals surface area contributed by atoms with Crippen LogP contribution in [0.25, 0.3) is 0 Å². The van der Waals surface area contributed by atoms with Gasteiger partial charge in [0.15, 0.2) is 0 Å². The molecule has 0 saturated carbocycles. The van der Waals surface area contributed by atoms with Crippen molar-refractivity contribution in [3.63, 3.8) is 0 Å². The van der Waals surface area contributed by atoms with Gasteiger partial charge in [0.2, 0.25) is 17.7 Å². The fourth-order valence-corrected chi connectivity index (χ4v) is 3.10. The molecule has 0 fully saturated rings. The van der Waals surface area contributed by atoms with E-state index in [4.69, 9.17) is 10.8 Å². The number of thiol groups is 1. The molecule has 0 spiro atoms. The van der Waals surface area contributed by atoms with Crippen LogP contribution in [0.1, 0.15) is 38.8 Å². The minimum atomic E-state index is -1.35. The average Bonchev–Trinajstić information content (AvgIpc) is 3.30. The first-order valence-electron chi connectivity index (χ1n) is 10.7. The van der Waals surface area contributed by atoms with Crippen molar-refractivity contribution in [3.8, 4) is 0 Å². The fourth-order valence-electron chi connectivity index (χ4n) is 2.93. The van der Waals surface area contributed by atoms with Crippen LogP contribution in [0.5, 0.6) is 0 Å². The van der Waals surface area contributed by atoms with Gasteiger partial charge in [-0.3, -0.25) is 19.2 Å². The summed E-state index contributed by atoms with van der Waals surface area (Å²) in [4.78, 5) is 67.4. The number of carboxylic acid groups (broad SMARTS) is 2. The molecule has 0 aliphatic heterocycles. The van der Waals surface area contributed by atoms with Gasteiger partial charge < -0.3 is 36.9 Å². The van der Waals surface area contributed by atoms with E-state index in [-0.39, 0.29) is 18.6 Å². The van der Waals surface area contributed by atoms with Crippen LogP contribution < -0.4 is 21.7 Å². The van der Waals surface area contributed by atoms with Crippen molar-refractivity contribution in [1.82, 2.24) is 25.9 Å². The Kier molecular flexibility index (Phi) is 12.1. The lowest BCUT2D eigenvalue weighted by atomic mass is 9.98. The maximum Gasteiger partial charge on any atom is 0.326 e. The van der Waals surface area contributed by atoms with E-state index < -0.39 is 66.2 Å². The number of aliphatic carboxylic acids is 2. The number of aromatic amines is 1. The Labute approximate surface area is 202 Å². The Balaban J connectivity index is 3.08. The quantitative estimate of drug-likeness (QED) is 0.133. The molecule has 13 nitrogen and oxygen atoms in total. The Morgan fingerprint density at radius 2 is 1.71 bits per heavy atom. The molecule has 0 saturated heterocycles. The monoisotopic (exact) mass is 500 g/mol. The van der Waals surface area contributed by atoms with Crippen LogP contribution in [0.3, 0.4) is 0 Å². The lowest BCUT2D eigenvalue weighted by molar-refractivity contribution is -0.144. The lowest BCUT2D eigenvalue weighted by Gasteiger charge is -2.26. The number of amides is 3. The number of nitrogens with two attached hydrogens (primary N) is 1. The SMILES string of the molecule is CCC(C)C(NC(=O)C(CCC(=O)O)NC(=O)C(Cc1cnc[nH]1)NC(=O)C(N)CS)C(=O)O. The van der Waals surface area contributed by atoms with Gasteiger partial charge in [-0.2, -0.15) is 12.6 Å².